The number of urea groups is 1. The van der Waals surface area contributed by atoms with Gasteiger partial charge >= 0.3 is 6.03 Å². The number of methoxy groups -OCH3 is 2. The van der Waals surface area contributed by atoms with Crippen molar-refractivity contribution < 1.29 is 19.1 Å². The fourth-order valence-electron chi connectivity index (χ4n) is 1.54. The van der Waals surface area contributed by atoms with Gasteiger partial charge in [0.2, 0.25) is 5.91 Å². The van der Waals surface area contributed by atoms with Crippen LogP contribution in [0.2, 0.25) is 0 Å². The minimum atomic E-state index is -0.647. The molecule has 0 unspecified atom stereocenters. The Morgan fingerprint density at radius 2 is 1.90 bits per heavy atom. The minimum absolute atomic E-state index is 0.0807. The lowest BCUT2D eigenvalue weighted by molar-refractivity contribution is -0.121. The van der Waals surface area contributed by atoms with E-state index in [9.17, 15) is 9.59 Å². The Balaban J connectivity index is 2.57. The van der Waals surface area contributed by atoms with Gasteiger partial charge in [-0.3, -0.25) is 4.79 Å². The Labute approximate surface area is 117 Å². The molecular weight excluding hydrogens is 262 g/mol. The Bertz CT molecular complexity index is 491. The van der Waals surface area contributed by atoms with Gasteiger partial charge in [0.1, 0.15) is 6.54 Å². The van der Waals surface area contributed by atoms with E-state index < -0.39 is 6.03 Å². The van der Waals surface area contributed by atoms with E-state index in [4.69, 9.17) is 15.2 Å². The molecule has 110 valence electrons. The maximum atomic E-state index is 11.6. The summed E-state index contributed by atoms with van der Waals surface area (Å²) in [6, 6.07) is 4.71. The van der Waals surface area contributed by atoms with Crippen LogP contribution in [0.1, 0.15) is 5.56 Å². The van der Waals surface area contributed by atoms with Gasteiger partial charge < -0.3 is 25.4 Å². The van der Waals surface area contributed by atoms with Gasteiger partial charge in [-0.25, -0.2) is 4.79 Å². The topological polar surface area (TPSA) is 93.9 Å². The number of ether oxygens (including phenoxy) is 2. The molecule has 0 aliphatic rings. The average molecular weight is 281 g/mol. The second-order valence-electron chi connectivity index (χ2n) is 4.16. The van der Waals surface area contributed by atoms with Crippen LogP contribution < -0.4 is 20.5 Å². The fraction of sp³-hybridized carbons (Fsp3) is 0.385. The van der Waals surface area contributed by atoms with E-state index in [0.29, 0.717) is 18.0 Å². The number of hydrogen-bond donors (Lipinski definition) is 2. The van der Waals surface area contributed by atoms with Crippen LogP contribution in [0.15, 0.2) is 18.2 Å². The number of hydrogen-bond acceptors (Lipinski definition) is 4. The summed E-state index contributed by atoms with van der Waals surface area (Å²) in [5.74, 6) is 0.922. The first-order chi connectivity index (χ1) is 9.47. The number of likely N-dealkylation sites (N-methyl/N-ethyl adjacent to an activating group) is 1. The van der Waals surface area contributed by atoms with E-state index >= 15 is 0 Å². The molecule has 0 fully saturated rings. The van der Waals surface area contributed by atoms with Crippen molar-refractivity contribution in [2.45, 2.75) is 6.54 Å². The van der Waals surface area contributed by atoms with Gasteiger partial charge in [0.05, 0.1) is 14.2 Å². The number of nitrogens with two attached hydrogens (primary N) is 1. The van der Waals surface area contributed by atoms with Crippen LogP contribution in [-0.4, -0.2) is 44.7 Å². The molecule has 1 rings (SSSR count). The number of carbonyl (C=O) groups is 2. The second-order valence-corrected chi connectivity index (χ2v) is 4.16. The van der Waals surface area contributed by atoms with Crippen molar-refractivity contribution in [2.75, 3.05) is 27.8 Å². The normalized spacial score (nSPS) is 9.75. The van der Waals surface area contributed by atoms with Gasteiger partial charge in [-0.1, -0.05) is 6.07 Å². The first-order valence-corrected chi connectivity index (χ1v) is 5.96. The summed E-state index contributed by atoms with van der Waals surface area (Å²) >= 11 is 0. The van der Waals surface area contributed by atoms with E-state index in [1.54, 1.807) is 26.4 Å². The lowest BCUT2D eigenvalue weighted by Crippen LogP contribution is -2.40. The lowest BCUT2D eigenvalue weighted by atomic mass is 10.2. The summed E-state index contributed by atoms with van der Waals surface area (Å²) in [6.07, 6.45) is 0. The molecule has 0 bridgehead atoms. The molecule has 0 saturated carbocycles. The first kappa shape index (κ1) is 15.6. The molecule has 0 aliphatic heterocycles. The lowest BCUT2D eigenvalue weighted by Gasteiger charge is -2.14. The highest BCUT2D eigenvalue weighted by Gasteiger charge is 2.10. The molecule has 20 heavy (non-hydrogen) atoms. The molecule has 0 radical (unpaired) electrons. The van der Waals surface area contributed by atoms with Crippen molar-refractivity contribution in [3.05, 3.63) is 23.8 Å². The van der Waals surface area contributed by atoms with Crippen LogP contribution in [0, 0.1) is 0 Å². The number of nitrogens with zero attached hydrogens (tertiary/aromatic N) is 1. The summed E-state index contributed by atoms with van der Waals surface area (Å²) in [6.45, 7) is 0.244. The van der Waals surface area contributed by atoms with Gasteiger partial charge in [-0.15, -0.1) is 0 Å². The van der Waals surface area contributed by atoms with E-state index in [1.165, 1.54) is 7.05 Å². The molecule has 0 aliphatic carbocycles. The number of carbonyl (C=O) groups excluding carboxylic acids is 2. The Morgan fingerprint density at radius 1 is 1.25 bits per heavy atom. The highest BCUT2D eigenvalue weighted by molar-refractivity contribution is 5.83. The SMILES string of the molecule is COc1ccc(CNC(=O)CN(C)C(N)=O)cc1OC. The smallest absolute Gasteiger partial charge is 0.314 e. The minimum Gasteiger partial charge on any atom is -0.493 e. The van der Waals surface area contributed by atoms with Crippen LogP contribution in [0.3, 0.4) is 0 Å². The van der Waals surface area contributed by atoms with Crippen LogP contribution in [-0.2, 0) is 11.3 Å². The molecule has 0 spiro atoms. The van der Waals surface area contributed by atoms with Crippen LogP contribution in [0.25, 0.3) is 0 Å². The Hall–Kier alpha value is -2.44. The van der Waals surface area contributed by atoms with Gasteiger partial charge in [-0.2, -0.15) is 0 Å². The predicted octanol–water partition coefficient (Wildman–Crippen LogP) is 0.331. The van der Waals surface area contributed by atoms with Crippen LogP contribution in [0.4, 0.5) is 4.79 Å². The molecule has 0 saturated heterocycles. The van der Waals surface area contributed by atoms with Crippen molar-refractivity contribution >= 4 is 11.9 Å². The molecule has 0 aromatic heterocycles. The number of benzene rings is 1. The number of amides is 3. The third kappa shape index (κ3) is 4.34. The molecule has 7 nitrogen and oxygen atoms in total. The van der Waals surface area contributed by atoms with Crippen LogP contribution >= 0.6 is 0 Å². The Kier molecular flexibility index (Phi) is 5.64. The molecule has 3 amide bonds. The highest BCUT2D eigenvalue weighted by atomic mass is 16.5. The maximum Gasteiger partial charge on any atom is 0.314 e. The van der Waals surface area contributed by atoms with Gasteiger partial charge in [0.15, 0.2) is 11.5 Å². The number of primary amides is 1. The second kappa shape index (κ2) is 7.22. The average Bonchev–Trinajstić information content (AvgIpc) is 2.44. The van der Waals surface area contributed by atoms with Crippen molar-refractivity contribution in [2.24, 2.45) is 5.73 Å². The van der Waals surface area contributed by atoms with Gasteiger partial charge in [0.25, 0.3) is 0 Å². The largest absolute Gasteiger partial charge is 0.493 e. The van der Waals surface area contributed by atoms with Crippen molar-refractivity contribution in [1.82, 2.24) is 10.2 Å². The van der Waals surface area contributed by atoms with E-state index in [0.717, 1.165) is 10.5 Å². The highest BCUT2D eigenvalue weighted by Crippen LogP contribution is 2.27. The van der Waals surface area contributed by atoms with Gasteiger partial charge in [-0.05, 0) is 17.7 Å². The molecule has 7 heteroatoms. The molecule has 3 N–H and O–H groups in total. The quantitative estimate of drug-likeness (QED) is 0.785. The molecule has 1 aromatic carbocycles. The monoisotopic (exact) mass is 281 g/mol. The third-order valence-electron chi connectivity index (χ3n) is 2.69. The van der Waals surface area contributed by atoms with E-state index in [-0.39, 0.29) is 12.5 Å². The summed E-state index contributed by atoms with van der Waals surface area (Å²) in [7, 11) is 4.55. The molecular formula is C13H19N3O4. The summed E-state index contributed by atoms with van der Waals surface area (Å²) < 4.78 is 10.3. The predicted molar refractivity (Wildman–Crippen MR) is 73.6 cm³/mol. The third-order valence-corrected chi connectivity index (χ3v) is 2.69. The number of nitrogens with one attached hydrogen (secondary N) is 1. The number of rotatable bonds is 6. The molecule has 1 aromatic rings. The van der Waals surface area contributed by atoms with Gasteiger partial charge in [0, 0.05) is 13.6 Å². The van der Waals surface area contributed by atoms with Crippen molar-refractivity contribution in [3.8, 4) is 11.5 Å². The molecule has 0 heterocycles. The van der Waals surface area contributed by atoms with Crippen LogP contribution in [0.5, 0.6) is 11.5 Å². The van der Waals surface area contributed by atoms with E-state index in [2.05, 4.69) is 5.32 Å². The standard InChI is InChI=1S/C13H19N3O4/c1-16(13(14)18)8-12(17)15-7-9-4-5-10(19-2)11(6-9)20-3/h4-6H,7-8H2,1-3H3,(H2,14,18)(H,15,17). The van der Waals surface area contributed by atoms with Crippen molar-refractivity contribution in [3.63, 3.8) is 0 Å². The zero-order valence-electron chi connectivity index (χ0n) is 11.8. The molecule has 0 atom stereocenters. The fourth-order valence-corrected chi connectivity index (χ4v) is 1.54. The summed E-state index contributed by atoms with van der Waals surface area (Å²) in [5, 5.41) is 2.69. The Morgan fingerprint density at radius 3 is 2.45 bits per heavy atom. The summed E-state index contributed by atoms with van der Waals surface area (Å²) in [5.41, 5.74) is 5.90. The first-order valence-electron chi connectivity index (χ1n) is 5.96. The van der Waals surface area contributed by atoms with E-state index in [1.807, 2.05) is 6.07 Å². The van der Waals surface area contributed by atoms with Crippen molar-refractivity contribution in [1.29, 1.82) is 0 Å². The zero-order chi connectivity index (χ0) is 15.1. The summed E-state index contributed by atoms with van der Waals surface area (Å²) in [4.78, 5) is 23.5. The zero-order valence-corrected chi connectivity index (χ0v) is 11.8. The maximum absolute atomic E-state index is 11.6.